The lowest BCUT2D eigenvalue weighted by Gasteiger charge is -2.18. The number of alkyl halides is 6. The fourth-order valence-corrected chi connectivity index (χ4v) is 4.85. The highest BCUT2D eigenvalue weighted by Gasteiger charge is 2.63. The van der Waals surface area contributed by atoms with E-state index in [-0.39, 0.29) is 17.7 Å². The molecule has 1 aliphatic heterocycles. The van der Waals surface area contributed by atoms with Crippen LogP contribution in [-0.2, 0) is 17.4 Å². The summed E-state index contributed by atoms with van der Waals surface area (Å²) in [6.07, 6.45) is -6.28. The third-order valence-corrected chi connectivity index (χ3v) is 7.00. The van der Waals surface area contributed by atoms with Crippen LogP contribution in [0.2, 0.25) is 0 Å². The van der Waals surface area contributed by atoms with Crippen molar-refractivity contribution in [3.63, 3.8) is 0 Å². The van der Waals surface area contributed by atoms with E-state index in [0.717, 1.165) is 15.7 Å². The number of halogens is 7. The van der Waals surface area contributed by atoms with Gasteiger partial charge in [0.2, 0.25) is 5.91 Å². The lowest BCUT2D eigenvalue weighted by Crippen LogP contribution is -2.42. The van der Waals surface area contributed by atoms with Gasteiger partial charge >= 0.3 is 6.18 Å². The van der Waals surface area contributed by atoms with Gasteiger partial charge in [-0.2, -0.15) is 18.3 Å². The summed E-state index contributed by atoms with van der Waals surface area (Å²) in [5.74, 6) is -8.36. The molecule has 2 fully saturated rings. The topological polar surface area (TPSA) is 106 Å². The molecule has 1 saturated heterocycles. The smallest absolute Gasteiger partial charge is 0.382 e. The number of nitrogens with two attached hydrogens (primary N) is 1. The van der Waals surface area contributed by atoms with Crippen molar-refractivity contribution in [2.24, 2.45) is 5.92 Å². The summed E-state index contributed by atoms with van der Waals surface area (Å²) in [5.41, 5.74) is 2.72. The van der Waals surface area contributed by atoms with Crippen molar-refractivity contribution in [2.75, 3.05) is 18.8 Å². The van der Waals surface area contributed by atoms with E-state index < -0.39 is 95.4 Å². The molecule has 5 rings (SSSR count). The van der Waals surface area contributed by atoms with Gasteiger partial charge in [-0.1, -0.05) is 13.0 Å². The number of hydrogen-bond acceptors (Lipinski definition) is 5. The van der Waals surface area contributed by atoms with Crippen molar-refractivity contribution in [3.8, 4) is 11.3 Å². The Morgan fingerprint density at radius 3 is 2.54 bits per heavy atom. The van der Waals surface area contributed by atoms with E-state index in [0.29, 0.717) is 6.07 Å². The first-order valence-electron chi connectivity index (χ1n) is 11.9. The number of likely N-dealkylation sites (tertiary alicyclic amines) is 1. The Kier molecular flexibility index (Phi) is 6.22. The van der Waals surface area contributed by atoms with Crippen LogP contribution in [0.25, 0.3) is 16.8 Å². The highest BCUT2D eigenvalue weighted by molar-refractivity contribution is 5.98. The van der Waals surface area contributed by atoms with E-state index in [1.807, 2.05) is 0 Å². The van der Waals surface area contributed by atoms with Gasteiger partial charge < -0.3 is 16.0 Å². The zero-order valence-electron chi connectivity index (χ0n) is 20.2. The predicted octanol–water partition coefficient (Wildman–Crippen LogP) is 3.63. The number of aryl methyl sites for hydroxylation is 1. The quantitative estimate of drug-likeness (QED) is 0.466. The van der Waals surface area contributed by atoms with Crippen LogP contribution in [0.5, 0.6) is 0 Å². The number of nitrogens with one attached hydrogen (secondary N) is 1. The summed E-state index contributed by atoms with van der Waals surface area (Å²) in [6.45, 7) is 0.698. The van der Waals surface area contributed by atoms with E-state index in [1.54, 1.807) is 6.92 Å². The number of carbonyl (C=O) groups excluding carboxylic acids is 2. The van der Waals surface area contributed by atoms with Crippen LogP contribution in [0.3, 0.4) is 0 Å². The number of rotatable bonds is 5. The molecule has 8 nitrogen and oxygen atoms in total. The minimum Gasteiger partial charge on any atom is -0.382 e. The molecule has 2 aliphatic rings. The second-order valence-corrected chi connectivity index (χ2v) is 9.52. The average Bonchev–Trinajstić information content (AvgIpc) is 3.14. The highest BCUT2D eigenvalue weighted by atomic mass is 19.4. The molecular formula is C24H21F7N6O2. The maximum absolute atomic E-state index is 15.9. The van der Waals surface area contributed by atoms with Crippen LogP contribution in [0.15, 0.2) is 24.5 Å². The normalized spacial score (nSPS) is 22.4. The zero-order chi connectivity index (χ0) is 28.4. The van der Waals surface area contributed by atoms with Gasteiger partial charge in [0, 0.05) is 18.5 Å². The SMILES string of the molecule is CCc1ccc(-c2cc(C(F)(F)F)c3c(N)ncnn23)c(F)c1C(=O)N[C@@H]1CN(C(=O)C2CC2(F)F)C[C@@H]1F. The van der Waals surface area contributed by atoms with Gasteiger partial charge in [-0.3, -0.25) is 9.59 Å². The number of hydrogen-bond donors (Lipinski definition) is 2. The molecule has 208 valence electrons. The molecule has 1 saturated carbocycles. The number of nitrogens with zero attached hydrogens (tertiary/aromatic N) is 4. The molecule has 1 aromatic carbocycles. The molecule has 1 aliphatic carbocycles. The number of amides is 2. The Balaban J connectivity index is 1.48. The standard InChI is InChI=1S/C24H21F7N6O2/c1-2-10-3-4-11(16-5-12(24(29,30)31)19-20(32)33-9-34-37(16)19)18(26)17(10)21(38)35-15-8-36(7-14(15)25)22(39)13-6-23(13,27)28/h3-5,9,13-15H,2,6-8H2,1H3,(H,35,38)(H2,32,33,34)/t13?,14-,15+/m0/s1. The Hall–Kier alpha value is -3.91. The Labute approximate surface area is 216 Å². The minimum atomic E-state index is -4.88. The highest BCUT2D eigenvalue weighted by Crippen LogP contribution is 2.50. The number of aromatic nitrogens is 3. The van der Waals surface area contributed by atoms with E-state index in [4.69, 9.17) is 5.73 Å². The molecule has 39 heavy (non-hydrogen) atoms. The molecule has 3 heterocycles. The van der Waals surface area contributed by atoms with Gasteiger partial charge in [-0.15, -0.1) is 0 Å². The Bertz CT molecular complexity index is 1490. The third kappa shape index (κ3) is 4.52. The number of fused-ring (bicyclic) bond motifs is 1. The predicted molar refractivity (Wildman–Crippen MR) is 123 cm³/mol. The van der Waals surface area contributed by atoms with Gasteiger partial charge in [0.05, 0.1) is 29.4 Å². The largest absolute Gasteiger partial charge is 0.418 e. The van der Waals surface area contributed by atoms with Gasteiger partial charge in [0.15, 0.2) is 5.82 Å². The van der Waals surface area contributed by atoms with Crippen LogP contribution >= 0.6 is 0 Å². The Morgan fingerprint density at radius 2 is 1.92 bits per heavy atom. The molecule has 2 amide bonds. The fourth-order valence-electron chi connectivity index (χ4n) is 4.85. The maximum Gasteiger partial charge on any atom is 0.418 e. The van der Waals surface area contributed by atoms with Gasteiger partial charge in [-0.25, -0.2) is 27.1 Å². The summed E-state index contributed by atoms with van der Waals surface area (Å²) in [5, 5.41) is 6.09. The monoisotopic (exact) mass is 558 g/mol. The Morgan fingerprint density at radius 1 is 1.23 bits per heavy atom. The van der Waals surface area contributed by atoms with Crippen molar-refractivity contribution in [1.29, 1.82) is 0 Å². The molecule has 0 radical (unpaired) electrons. The van der Waals surface area contributed by atoms with Crippen molar-refractivity contribution >= 4 is 23.1 Å². The van der Waals surface area contributed by atoms with Gasteiger partial charge in [0.1, 0.15) is 29.8 Å². The summed E-state index contributed by atoms with van der Waals surface area (Å²) in [6, 6.07) is 1.86. The van der Waals surface area contributed by atoms with Crippen molar-refractivity contribution in [3.05, 3.63) is 47.0 Å². The molecule has 3 atom stereocenters. The minimum absolute atomic E-state index is 0.142. The van der Waals surface area contributed by atoms with Crippen LogP contribution < -0.4 is 11.1 Å². The van der Waals surface area contributed by atoms with E-state index >= 15 is 4.39 Å². The summed E-state index contributed by atoms with van der Waals surface area (Å²) in [4.78, 5) is 29.9. The van der Waals surface area contributed by atoms with Crippen LogP contribution in [0, 0.1) is 11.7 Å². The molecule has 1 unspecified atom stereocenters. The summed E-state index contributed by atoms with van der Waals surface area (Å²) >= 11 is 0. The average molecular weight is 558 g/mol. The van der Waals surface area contributed by atoms with E-state index in [9.17, 15) is 35.9 Å². The second-order valence-electron chi connectivity index (χ2n) is 9.52. The van der Waals surface area contributed by atoms with Crippen molar-refractivity contribution < 1.29 is 40.3 Å². The first-order chi connectivity index (χ1) is 18.2. The summed E-state index contributed by atoms with van der Waals surface area (Å²) < 4.78 is 99.1. The lowest BCUT2D eigenvalue weighted by atomic mass is 9.98. The van der Waals surface area contributed by atoms with Crippen LogP contribution in [0.1, 0.15) is 34.8 Å². The van der Waals surface area contributed by atoms with Crippen molar-refractivity contribution in [1.82, 2.24) is 24.8 Å². The van der Waals surface area contributed by atoms with Crippen LogP contribution in [0.4, 0.5) is 36.6 Å². The second kappa shape index (κ2) is 9.09. The molecule has 3 aromatic rings. The maximum atomic E-state index is 15.9. The number of anilines is 1. The number of benzene rings is 1. The number of carbonyl (C=O) groups is 2. The van der Waals surface area contributed by atoms with Crippen molar-refractivity contribution in [2.45, 2.75) is 44.1 Å². The molecule has 15 heteroatoms. The van der Waals surface area contributed by atoms with E-state index in [2.05, 4.69) is 15.4 Å². The third-order valence-electron chi connectivity index (χ3n) is 7.00. The van der Waals surface area contributed by atoms with Crippen LogP contribution in [-0.4, -0.2) is 62.5 Å². The molecule has 0 bridgehead atoms. The fraction of sp³-hybridized carbons (Fsp3) is 0.417. The first-order valence-corrected chi connectivity index (χ1v) is 11.9. The van der Waals surface area contributed by atoms with E-state index in [1.165, 1.54) is 12.1 Å². The molecule has 0 spiro atoms. The van der Waals surface area contributed by atoms with Gasteiger partial charge in [-0.05, 0) is 24.1 Å². The van der Waals surface area contributed by atoms with Gasteiger partial charge in [0.25, 0.3) is 11.8 Å². The molecule has 2 aromatic heterocycles. The summed E-state index contributed by atoms with van der Waals surface area (Å²) in [7, 11) is 0. The lowest BCUT2D eigenvalue weighted by molar-refractivity contribution is -0.136. The molecule has 3 N–H and O–H groups in total. The zero-order valence-corrected chi connectivity index (χ0v) is 20.2. The number of nitrogen functional groups attached to an aromatic ring is 1. The first kappa shape index (κ1) is 26.7. The molecular weight excluding hydrogens is 537 g/mol.